The Morgan fingerprint density at radius 3 is 2.61 bits per heavy atom. The second-order valence-electron chi connectivity index (χ2n) is 4.50. The van der Waals surface area contributed by atoms with Crippen molar-refractivity contribution in [2.24, 2.45) is 0 Å². The first-order valence-corrected chi connectivity index (χ1v) is 6.04. The molecule has 0 atom stereocenters. The zero-order chi connectivity index (χ0) is 13.1. The van der Waals surface area contributed by atoms with Crippen molar-refractivity contribution in [1.82, 2.24) is 10.2 Å². The first kappa shape index (κ1) is 12.5. The zero-order valence-corrected chi connectivity index (χ0v) is 11.1. The summed E-state index contributed by atoms with van der Waals surface area (Å²) >= 11 is 0. The van der Waals surface area contributed by atoms with E-state index < -0.39 is 0 Å². The second kappa shape index (κ2) is 5.12. The predicted octanol–water partition coefficient (Wildman–Crippen LogP) is 2.40. The standard InChI is InChI=1S/C14H19N3O/c1-9-10(2)16-17-13(9)6-4-11-5-7-14(18-3)12(15)8-11/h5,7-8H,4,6,15H2,1-3H3,(H,16,17). The number of ether oxygens (including phenoxy) is 1. The zero-order valence-electron chi connectivity index (χ0n) is 11.1. The van der Waals surface area contributed by atoms with E-state index in [0.29, 0.717) is 5.69 Å². The van der Waals surface area contributed by atoms with Gasteiger partial charge in [-0.2, -0.15) is 5.10 Å². The summed E-state index contributed by atoms with van der Waals surface area (Å²) in [6, 6.07) is 5.92. The molecular formula is C14H19N3O. The topological polar surface area (TPSA) is 63.9 Å². The molecule has 0 fully saturated rings. The van der Waals surface area contributed by atoms with Crippen molar-refractivity contribution < 1.29 is 4.74 Å². The minimum absolute atomic E-state index is 0.685. The smallest absolute Gasteiger partial charge is 0.141 e. The lowest BCUT2D eigenvalue weighted by Crippen LogP contribution is -1.97. The summed E-state index contributed by atoms with van der Waals surface area (Å²) < 4.78 is 5.14. The molecule has 0 aliphatic heterocycles. The minimum Gasteiger partial charge on any atom is -0.495 e. The number of anilines is 1. The van der Waals surface area contributed by atoms with Gasteiger partial charge in [0.2, 0.25) is 0 Å². The highest BCUT2D eigenvalue weighted by Crippen LogP contribution is 2.22. The lowest BCUT2D eigenvalue weighted by Gasteiger charge is -2.06. The molecule has 96 valence electrons. The third-order valence-electron chi connectivity index (χ3n) is 3.30. The molecule has 0 amide bonds. The molecule has 18 heavy (non-hydrogen) atoms. The SMILES string of the molecule is COc1ccc(CCc2n[nH]c(C)c2C)cc1N. The Morgan fingerprint density at radius 1 is 1.28 bits per heavy atom. The van der Waals surface area contributed by atoms with E-state index in [9.17, 15) is 0 Å². The summed E-state index contributed by atoms with van der Waals surface area (Å²) in [6.07, 6.45) is 1.85. The summed E-state index contributed by atoms with van der Waals surface area (Å²) in [6.45, 7) is 4.13. The van der Waals surface area contributed by atoms with E-state index in [1.165, 1.54) is 11.1 Å². The van der Waals surface area contributed by atoms with E-state index in [0.717, 1.165) is 30.0 Å². The number of aryl methyl sites for hydroxylation is 3. The van der Waals surface area contributed by atoms with E-state index >= 15 is 0 Å². The molecular weight excluding hydrogens is 226 g/mol. The normalized spacial score (nSPS) is 10.6. The molecule has 2 rings (SSSR count). The van der Waals surface area contributed by atoms with Crippen LogP contribution in [0.1, 0.15) is 22.5 Å². The van der Waals surface area contributed by atoms with Gasteiger partial charge in [0.15, 0.2) is 0 Å². The van der Waals surface area contributed by atoms with Crippen molar-refractivity contribution in [3.8, 4) is 5.75 Å². The van der Waals surface area contributed by atoms with Gasteiger partial charge in [-0.3, -0.25) is 5.10 Å². The van der Waals surface area contributed by atoms with E-state index in [4.69, 9.17) is 10.5 Å². The number of nitrogens with one attached hydrogen (secondary N) is 1. The molecule has 0 saturated heterocycles. The van der Waals surface area contributed by atoms with Gasteiger partial charge < -0.3 is 10.5 Å². The summed E-state index contributed by atoms with van der Waals surface area (Å²) in [4.78, 5) is 0. The van der Waals surface area contributed by atoms with Crippen molar-refractivity contribution in [3.05, 3.63) is 40.7 Å². The number of H-pyrrole nitrogens is 1. The highest BCUT2D eigenvalue weighted by molar-refractivity contribution is 5.54. The summed E-state index contributed by atoms with van der Waals surface area (Å²) in [5, 5.41) is 7.31. The van der Waals surface area contributed by atoms with Crippen molar-refractivity contribution in [3.63, 3.8) is 0 Å². The molecule has 0 spiro atoms. The molecule has 2 aromatic rings. The molecule has 0 aliphatic rings. The van der Waals surface area contributed by atoms with Crippen molar-refractivity contribution in [1.29, 1.82) is 0 Å². The molecule has 0 aliphatic carbocycles. The Hall–Kier alpha value is -1.97. The van der Waals surface area contributed by atoms with Crippen LogP contribution in [0.25, 0.3) is 0 Å². The highest BCUT2D eigenvalue weighted by Gasteiger charge is 2.06. The van der Waals surface area contributed by atoms with Gasteiger partial charge in [-0.05, 0) is 49.9 Å². The number of aromatic nitrogens is 2. The Balaban J connectivity index is 2.06. The quantitative estimate of drug-likeness (QED) is 0.813. The number of nitrogens with zero attached hydrogens (tertiary/aromatic N) is 1. The maximum atomic E-state index is 5.89. The van der Waals surface area contributed by atoms with Crippen LogP contribution in [-0.4, -0.2) is 17.3 Å². The highest BCUT2D eigenvalue weighted by atomic mass is 16.5. The molecule has 0 saturated carbocycles. The third kappa shape index (κ3) is 2.47. The van der Waals surface area contributed by atoms with E-state index in [1.807, 2.05) is 25.1 Å². The van der Waals surface area contributed by atoms with E-state index in [-0.39, 0.29) is 0 Å². The first-order chi connectivity index (χ1) is 8.61. The molecule has 0 radical (unpaired) electrons. The van der Waals surface area contributed by atoms with Crippen LogP contribution >= 0.6 is 0 Å². The molecule has 0 bridgehead atoms. The molecule has 4 nitrogen and oxygen atoms in total. The van der Waals surface area contributed by atoms with Crippen LogP contribution in [0.2, 0.25) is 0 Å². The van der Waals surface area contributed by atoms with Crippen LogP contribution in [0.15, 0.2) is 18.2 Å². The fourth-order valence-electron chi connectivity index (χ4n) is 1.98. The van der Waals surface area contributed by atoms with Crippen LogP contribution < -0.4 is 10.5 Å². The Kier molecular flexibility index (Phi) is 3.55. The molecule has 0 unspecified atom stereocenters. The van der Waals surface area contributed by atoms with Crippen molar-refractivity contribution in [2.45, 2.75) is 26.7 Å². The average Bonchev–Trinajstić information content (AvgIpc) is 2.68. The number of hydrogen-bond acceptors (Lipinski definition) is 3. The third-order valence-corrected chi connectivity index (χ3v) is 3.30. The Bertz CT molecular complexity index is 546. The molecule has 1 aromatic carbocycles. The number of nitrogens with two attached hydrogens (primary N) is 1. The average molecular weight is 245 g/mol. The monoisotopic (exact) mass is 245 g/mol. The van der Waals surface area contributed by atoms with Gasteiger partial charge in [-0.25, -0.2) is 0 Å². The number of methoxy groups -OCH3 is 1. The first-order valence-electron chi connectivity index (χ1n) is 6.04. The maximum Gasteiger partial charge on any atom is 0.141 e. The number of aromatic amines is 1. The van der Waals surface area contributed by atoms with Gasteiger partial charge in [0.25, 0.3) is 0 Å². The van der Waals surface area contributed by atoms with Gasteiger partial charge in [0.1, 0.15) is 5.75 Å². The number of benzene rings is 1. The fourth-order valence-corrected chi connectivity index (χ4v) is 1.98. The fraction of sp³-hybridized carbons (Fsp3) is 0.357. The molecule has 4 heteroatoms. The lowest BCUT2D eigenvalue weighted by molar-refractivity contribution is 0.417. The van der Waals surface area contributed by atoms with Gasteiger partial charge in [0, 0.05) is 5.69 Å². The molecule has 1 aromatic heterocycles. The predicted molar refractivity (Wildman–Crippen MR) is 72.9 cm³/mol. The van der Waals surface area contributed by atoms with Crippen LogP contribution in [-0.2, 0) is 12.8 Å². The summed E-state index contributed by atoms with van der Waals surface area (Å²) in [5.41, 5.74) is 11.3. The maximum absolute atomic E-state index is 5.89. The van der Waals surface area contributed by atoms with Gasteiger partial charge in [-0.1, -0.05) is 6.07 Å². The largest absolute Gasteiger partial charge is 0.495 e. The van der Waals surface area contributed by atoms with Gasteiger partial charge in [0.05, 0.1) is 18.5 Å². The van der Waals surface area contributed by atoms with Crippen molar-refractivity contribution >= 4 is 5.69 Å². The Labute approximate surface area is 107 Å². The van der Waals surface area contributed by atoms with E-state index in [2.05, 4.69) is 17.1 Å². The van der Waals surface area contributed by atoms with Gasteiger partial charge in [-0.15, -0.1) is 0 Å². The van der Waals surface area contributed by atoms with Crippen LogP contribution in [0.5, 0.6) is 5.75 Å². The molecule has 3 N–H and O–H groups in total. The molecule has 1 heterocycles. The van der Waals surface area contributed by atoms with Gasteiger partial charge >= 0.3 is 0 Å². The number of hydrogen-bond donors (Lipinski definition) is 2. The Morgan fingerprint density at radius 2 is 2.06 bits per heavy atom. The summed E-state index contributed by atoms with van der Waals surface area (Å²) in [5.74, 6) is 0.727. The van der Waals surface area contributed by atoms with Crippen molar-refractivity contribution in [2.75, 3.05) is 12.8 Å². The minimum atomic E-state index is 0.685. The van der Waals surface area contributed by atoms with E-state index in [1.54, 1.807) is 7.11 Å². The second-order valence-corrected chi connectivity index (χ2v) is 4.50. The lowest BCUT2D eigenvalue weighted by atomic mass is 10.0. The van der Waals surface area contributed by atoms with Crippen LogP contribution in [0.4, 0.5) is 5.69 Å². The van der Waals surface area contributed by atoms with Crippen LogP contribution in [0, 0.1) is 13.8 Å². The van der Waals surface area contributed by atoms with Crippen LogP contribution in [0.3, 0.4) is 0 Å². The number of rotatable bonds is 4. The number of nitrogen functional groups attached to an aromatic ring is 1. The summed E-state index contributed by atoms with van der Waals surface area (Å²) in [7, 11) is 1.63.